The van der Waals surface area contributed by atoms with Crippen molar-refractivity contribution in [1.82, 2.24) is 15.5 Å². The van der Waals surface area contributed by atoms with Crippen LogP contribution in [0.5, 0.6) is 0 Å². The van der Waals surface area contributed by atoms with Gasteiger partial charge < -0.3 is 15.1 Å². The zero-order valence-electron chi connectivity index (χ0n) is 10.3. The number of hydrogen-bond acceptors (Lipinski definition) is 4. The summed E-state index contributed by atoms with van der Waals surface area (Å²) in [5, 5.41) is 5.56. The Balaban J connectivity index is 1.79. The summed E-state index contributed by atoms with van der Waals surface area (Å²) in [7, 11) is 0. The molecule has 6 heteroatoms. The van der Waals surface area contributed by atoms with Gasteiger partial charge in [-0.15, -0.1) is 0 Å². The second-order valence-corrected chi connectivity index (χ2v) is 4.37. The first-order valence-corrected chi connectivity index (χ1v) is 5.97. The second-order valence-electron chi connectivity index (χ2n) is 4.37. The molecule has 1 aromatic rings. The van der Waals surface area contributed by atoms with Crippen LogP contribution < -0.4 is 10.6 Å². The molecule has 0 aliphatic carbocycles. The van der Waals surface area contributed by atoms with Gasteiger partial charge in [-0.25, -0.2) is 0 Å². The van der Waals surface area contributed by atoms with Crippen molar-refractivity contribution in [2.24, 2.45) is 0 Å². The van der Waals surface area contributed by atoms with E-state index >= 15 is 0 Å². The SMILES string of the molecule is CC(NC(=O)CN1CCNC(=O)C1)c1ccco1. The molecule has 0 saturated carbocycles. The van der Waals surface area contributed by atoms with Crippen LogP contribution in [0.15, 0.2) is 22.8 Å². The standard InChI is InChI=1S/C12H17N3O3/c1-9(10-3-2-6-18-10)14-12(17)8-15-5-4-13-11(16)7-15/h2-3,6,9H,4-5,7-8H2,1H3,(H,13,16)(H,14,17). The van der Waals surface area contributed by atoms with Gasteiger partial charge in [0.2, 0.25) is 11.8 Å². The second kappa shape index (κ2) is 5.68. The molecule has 0 spiro atoms. The first-order valence-electron chi connectivity index (χ1n) is 5.97. The number of nitrogens with one attached hydrogen (secondary N) is 2. The van der Waals surface area contributed by atoms with Gasteiger partial charge in [-0.3, -0.25) is 14.5 Å². The van der Waals surface area contributed by atoms with Crippen LogP contribution in [0.1, 0.15) is 18.7 Å². The molecule has 2 amide bonds. The first-order chi connectivity index (χ1) is 8.65. The lowest BCUT2D eigenvalue weighted by Gasteiger charge is -2.26. The Morgan fingerprint density at radius 1 is 1.67 bits per heavy atom. The highest BCUT2D eigenvalue weighted by Crippen LogP contribution is 2.11. The number of furan rings is 1. The van der Waals surface area contributed by atoms with Gasteiger partial charge >= 0.3 is 0 Å². The Labute approximate surface area is 105 Å². The minimum Gasteiger partial charge on any atom is -0.467 e. The molecular weight excluding hydrogens is 234 g/mol. The molecule has 2 rings (SSSR count). The van der Waals surface area contributed by atoms with Crippen LogP contribution in [-0.4, -0.2) is 42.9 Å². The summed E-state index contributed by atoms with van der Waals surface area (Å²) in [5.74, 6) is 0.585. The summed E-state index contributed by atoms with van der Waals surface area (Å²) in [6, 6.07) is 3.44. The number of carbonyl (C=O) groups excluding carboxylic acids is 2. The summed E-state index contributed by atoms with van der Waals surface area (Å²) in [6.45, 7) is 3.68. The number of nitrogens with zero attached hydrogens (tertiary/aromatic N) is 1. The quantitative estimate of drug-likeness (QED) is 0.783. The zero-order chi connectivity index (χ0) is 13.0. The van der Waals surface area contributed by atoms with Gasteiger partial charge in [-0.05, 0) is 19.1 Å². The third-order valence-corrected chi connectivity index (χ3v) is 2.83. The van der Waals surface area contributed by atoms with E-state index < -0.39 is 0 Å². The van der Waals surface area contributed by atoms with Crippen LogP contribution in [0, 0.1) is 0 Å². The van der Waals surface area contributed by atoms with Crippen LogP contribution >= 0.6 is 0 Å². The molecule has 18 heavy (non-hydrogen) atoms. The molecule has 1 atom stereocenters. The third kappa shape index (κ3) is 3.33. The predicted molar refractivity (Wildman–Crippen MR) is 64.7 cm³/mol. The normalized spacial score (nSPS) is 18.2. The molecule has 0 radical (unpaired) electrons. The van der Waals surface area contributed by atoms with Gasteiger partial charge in [0.15, 0.2) is 0 Å². The molecule has 1 fully saturated rings. The summed E-state index contributed by atoms with van der Waals surface area (Å²) < 4.78 is 5.21. The Kier molecular flexibility index (Phi) is 3.99. The molecule has 1 aliphatic rings. The van der Waals surface area contributed by atoms with Gasteiger partial charge in [0.05, 0.1) is 25.4 Å². The lowest BCUT2D eigenvalue weighted by Crippen LogP contribution is -2.50. The highest BCUT2D eigenvalue weighted by atomic mass is 16.3. The number of amides is 2. The Morgan fingerprint density at radius 3 is 3.17 bits per heavy atom. The minimum absolute atomic E-state index is 0.0341. The van der Waals surface area contributed by atoms with Crippen LogP contribution in [0.25, 0.3) is 0 Å². The maximum absolute atomic E-state index is 11.8. The van der Waals surface area contributed by atoms with Crippen molar-refractivity contribution in [3.63, 3.8) is 0 Å². The fourth-order valence-electron chi connectivity index (χ4n) is 1.93. The highest BCUT2D eigenvalue weighted by molar-refractivity contribution is 5.81. The Bertz CT molecular complexity index is 416. The molecule has 1 aromatic heterocycles. The van der Waals surface area contributed by atoms with Gasteiger partial charge in [0.1, 0.15) is 5.76 Å². The van der Waals surface area contributed by atoms with E-state index in [4.69, 9.17) is 4.42 Å². The number of carbonyl (C=O) groups is 2. The molecule has 0 bridgehead atoms. The largest absolute Gasteiger partial charge is 0.467 e. The predicted octanol–water partition coefficient (Wildman–Crippen LogP) is -0.111. The van der Waals surface area contributed by atoms with E-state index in [0.717, 1.165) is 5.76 Å². The lowest BCUT2D eigenvalue weighted by molar-refractivity contribution is -0.127. The molecule has 0 aromatic carbocycles. The third-order valence-electron chi connectivity index (χ3n) is 2.83. The fourth-order valence-corrected chi connectivity index (χ4v) is 1.93. The number of piperazine rings is 1. The van der Waals surface area contributed by atoms with E-state index in [1.165, 1.54) is 0 Å². The van der Waals surface area contributed by atoms with E-state index in [0.29, 0.717) is 13.1 Å². The van der Waals surface area contributed by atoms with Crippen LogP contribution in [-0.2, 0) is 9.59 Å². The average Bonchev–Trinajstić information content (AvgIpc) is 2.81. The maximum atomic E-state index is 11.8. The molecule has 2 heterocycles. The van der Waals surface area contributed by atoms with Crippen LogP contribution in [0.3, 0.4) is 0 Å². The van der Waals surface area contributed by atoms with E-state index in [1.54, 1.807) is 12.3 Å². The lowest BCUT2D eigenvalue weighted by atomic mass is 10.2. The van der Waals surface area contributed by atoms with E-state index in [1.807, 2.05) is 17.9 Å². The first kappa shape index (κ1) is 12.6. The van der Waals surface area contributed by atoms with Gasteiger partial charge in [0.25, 0.3) is 0 Å². The van der Waals surface area contributed by atoms with Gasteiger partial charge in [-0.2, -0.15) is 0 Å². The van der Waals surface area contributed by atoms with Gasteiger partial charge in [-0.1, -0.05) is 0 Å². The van der Waals surface area contributed by atoms with E-state index in [2.05, 4.69) is 10.6 Å². The van der Waals surface area contributed by atoms with Crippen molar-refractivity contribution in [3.05, 3.63) is 24.2 Å². The van der Waals surface area contributed by atoms with Gasteiger partial charge in [0, 0.05) is 13.1 Å². The van der Waals surface area contributed by atoms with E-state index in [-0.39, 0.29) is 30.9 Å². The topological polar surface area (TPSA) is 74.6 Å². The highest BCUT2D eigenvalue weighted by Gasteiger charge is 2.19. The minimum atomic E-state index is -0.161. The van der Waals surface area contributed by atoms with Crippen molar-refractivity contribution in [2.75, 3.05) is 26.2 Å². The zero-order valence-corrected chi connectivity index (χ0v) is 10.3. The molecule has 98 valence electrons. The number of rotatable bonds is 4. The maximum Gasteiger partial charge on any atom is 0.234 e. The monoisotopic (exact) mass is 251 g/mol. The molecule has 1 unspecified atom stereocenters. The summed E-state index contributed by atoms with van der Waals surface area (Å²) in [5.41, 5.74) is 0. The fraction of sp³-hybridized carbons (Fsp3) is 0.500. The molecule has 2 N–H and O–H groups in total. The summed E-state index contributed by atoms with van der Waals surface area (Å²) >= 11 is 0. The smallest absolute Gasteiger partial charge is 0.234 e. The molecule has 6 nitrogen and oxygen atoms in total. The van der Waals surface area contributed by atoms with Crippen molar-refractivity contribution in [3.8, 4) is 0 Å². The molecule has 1 aliphatic heterocycles. The van der Waals surface area contributed by atoms with Crippen LogP contribution in [0.4, 0.5) is 0 Å². The molecular formula is C12H17N3O3. The van der Waals surface area contributed by atoms with Crippen molar-refractivity contribution < 1.29 is 14.0 Å². The van der Waals surface area contributed by atoms with E-state index in [9.17, 15) is 9.59 Å². The Morgan fingerprint density at radius 2 is 2.50 bits per heavy atom. The summed E-state index contributed by atoms with van der Waals surface area (Å²) in [6.07, 6.45) is 1.58. The van der Waals surface area contributed by atoms with Crippen molar-refractivity contribution >= 4 is 11.8 Å². The average molecular weight is 251 g/mol. The Hall–Kier alpha value is -1.82. The summed E-state index contributed by atoms with van der Waals surface area (Å²) in [4.78, 5) is 24.8. The van der Waals surface area contributed by atoms with Crippen molar-refractivity contribution in [2.45, 2.75) is 13.0 Å². The van der Waals surface area contributed by atoms with Crippen molar-refractivity contribution in [1.29, 1.82) is 0 Å². The van der Waals surface area contributed by atoms with Crippen LogP contribution in [0.2, 0.25) is 0 Å². The number of hydrogen-bond donors (Lipinski definition) is 2. The molecule has 1 saturated heterocycles.